The second kappa shape index (κ2) is 5.64. The zero-order valence-corrected chi connectivity index (χ0v) is 10.6. The van der Waals surface area contributed by atoms with Crippen LogP contribution in [0.1, 0.15) is 48.3 Å². The van der Waals surface area contributed by atoms with Crippen LogP contribution in [0.4, 0.5) is 0 Å². The Kier molecular flexibility index (Phi) is 4.48. The fourth-order valence-corrected chi connectivity index (χ4v) is 2.23. The molecule has 0 fully saturated rings. The van der Waals surface area contributed by atoms with Crippen molar-refractivity contribution in [3.63, 3.8) is 0 Å². The van der Waals surface area contributed by atoms with Crippen LogP contribution in [0.3, 0.4) is 0 Å². The maximum absolute atomic E-state index is 4.61. The molecule has 1 aliphatic carbocycles. The van der Waals surface area contributed by atoms with Gasteiger partial charge >= 0.3 is 0 Å². The van der Waals surface area contributed by atoms with E-state index in [1.807, 2.05) is 26.0 Å². The third-order valence-corrected chi connectivity index (χ3v) is 2.97. The highest BCUT2D eigenvalue weighted by Gasteiger charge is 2.17. The van der Waals surface area contributed by atoms with Crippen molar-refractivity contribution >= 4 is 12.2 Å². The lowest BCUT2D eigenvalue weighted by Crippen LogP contribution is -1.99. The van der Waals surface area contributed by atoms with Crippen molar-refractivity contribution in [3.05, 3.63) is 41.2 Å². The van der Waals surface area contributed by atoms with Crippen LogP contribution >= 0.6 is 0 Å². The number of aromatic nitrogens is 1. The number of nitrogens with zero attached hydrogens (tertiary/aromatic N) is 1. The van der Waals surface area contributed by atoms with Crippen LogP contribution in [-0.4, -0.2) is 4.98 Å². The predicted molar refractivity (Wildman–Crippen MR) is 72.5 cm³/mol. The Morgan fingerprint density at radius 2 is 1.81 bits per heavy atom. The molecule has 1 aliphatic rings. The maximum Gasteiger partial charge on any atom is 0.0702 e. The van der Waals surface area contributed by atoms with Crippen LogP contribution in [-0.2, 0) is 12.8 Å². The maximum atomic E-state index is 4.61. The highest BCUT2D eigenvalue weighted by Crippen LogP contribution is 2.28. The number of hydrogen-bond donors (Lipinski definition) is 0. The summed E-state index contributed by atoms with van der Waals surface area (Å²) in [5.74, 6) is 0. The quantitative estimate of drug-likeness (QED) is 0.720. The van der Waals surface area contributed by atoms with Crippen molar-refractivity contribution in [3.8, 4) is 0 Å². The average molecular weight is 215 g/mol. The summed E-state index contributed by atoms with van der Waals surface area (Å²) in [6.07, 6.45) is 7.24. The van der Waals surface area contributed by atoms with Crippen LogP contribution in [0, 0.1) is 6.92 Å². The van der Waals surface area contributed by atoms with Gasteiger partial charge in [-0.25, -0.2) is 0 Å². The van der Waals surface area contributed by atoms with Gasteiger partial charge < -0.3 is 0 Å². The summed E-state index contributed by atoms with van der Waals surface area (Å²) >= 11 is 0. The van der Waals surface area contributed by atoms with Crippen LogP contribution < -0.4 is 0 Å². The van der Waals surface area contributed by atoms with Gasteiger partial charge in [-0.15, -0.1) is 0 Å². The van der Waals surface area contributed by atoms with Crippen molar-refractivity contribution in [1.29, 1.82) is 0 Å². The summed E-state index contributed by atoms with van der Waals surface area (Å²) in [7, 11) is 0. The summed E-state index contributed by atoms with van der Waals surface area (Å²) in [5.41, 5.74) is 6.18. The fraction of sp³-hybridized carbons (Fsp3) is 0.400. The van der Waals surface area contributed by atoms with E-state index in [1.165, 1.54) is 29.7 Å². The minimum Gasteiger partial charge on any atom is -0.253 e. The smallest absolute Gasteiger partial charge is 0.0702 e. The van der Waals surface area contributed by atoms with Crippen LogP contribution in [0.25, 0.3) is 12.2 Å². The Hall–Kier alpha value is -1.37. The third kappa shape index (κ3) is 2.08. The zero-order chi connectivity index (χ0) is 12.1. The van der Waals surface area contributed by atoms with E-state index in [4.69, 9.17) is 0 Å². The molecule has 0 amide bonds. The fourth-order valence-electron chi connectivity index (χ4n) is 2.23. The molecule has 0 atom stereocenters. The van der Waals surface area contributed by atoms with Crippen molar-refractivity contribution in [2.24, 2.45) is 0 Å². The van der Waals surface area contributed by atoms with Crippen molar-refractivity contribution in [2.75, 3.05) is 0 Å². The monoisotopic (exact) mass is 215 g/mol. The number of pyridine rings is 1. The molecule has 86 valence electrons. The lowest BCUT2D eigenvalue weighted by molar-refractivity contribution is 0.898. The van der Waals surface area contributed by atoms with Gasteiger partial charge in [0.2, 0.25) is 0 Å². The normalized spacial score (nSPS) is 12.4. The van der Waals surface area contributed by atoms with Crippen LogP contribution in [0.5, 0.6) is 0 Å². The molecule has 0 spiro atoms. The van der Waals surface area contributed by atoms with Gasteiger partial charge in [-0.2, -0.15) is 0 Å². The second-order valence-electron chi connectivity index (χ2n) is 3.72. The Morgan fingerprint density at radius 3 is 2.38 bits per heavy atom. The molecule has 0 saturated carbocycles. The Labute approximate surface area is 98.9 Å². The molecule has 0 unspecified atom stereocenters. The molecule has 0 aromatic carbocycles. The lowest BCUT2D eigenvalue weighted by Gasteiger charge is -2.10. The molecule has 1 aromatic heterocycles. The Bertz CT molecular complexity index is 402. The van der Waals surface area contributed by atoms with Crippen molar-refractivity contribution < 1.29 is 0 Å². The highest BCUT2D eigenvalue weighted by molar-refractivity contribution is 5.65. The van der Waals surface area contributed by atoms with Gasteiger partial charge in [0.15, 0.2) is 0 Å². The van der Waals surface area contributed by atoms with Gasteiger partial charge in [0.25, 0.3) is 0 Å². The highest BCUT2D eigenvalue weighted by atomic mass is 14.7. The van der Waals surface area contributed by atoms with E-state index in [0.717, 1.165) is 17.7 Å². The number of hydrogen-bond acceptors (Lipinski definition) is 1. The first-order chi connectivity index (χ1) is 7.77. The van der Waals surface area contributed by atoms with Gasteiger partial charge in [0, 0.05) is 11.3 Å². The Balaban J connectivity index is 0.000000606. The van der Waals surface area contributed by atoms with Crippen LogP contribution in [0.15, 0.2) is 13.2 Å². The first kappa shape index (κ1) is 12.7. The summed E-state index contributed by atoms with van der Waals surface area (Å²) in [6.45, 7) is 13.8. The minimum atomic E-state index is 0.984. The SMILES string of the molecule is C=Cc1nc2c(c(C)c1C=C)CCC2.CC. The first-order valence-corrected chi connectivity index (χ1v) is 6.05. The number of rotatable bonds is 2. The number of aryl methyl sites for hydroxylation is 1. The topological polar surface area (TPSA) is 12.9 Å². The largest absolute Gasteiger partial charge is 0.253 e. The third-order valence-electron chi connectivity index (χ3n) is 2.97. The molecular formula is C15H21N. The first-order valence-electron chi connectivity index (χ1n) is 6.05. The van der Waals surface area contributed by atoms with E-state index in [0.29, 0.717) is 0 Å². The van der Waals surface area contributed by atoms with Gasteiger partial charge in [-0.05, 0) is 43.4 Å². The van der Waals surface area contributed by atoms with E-state index in [2.05, 4.69) is 25.1 Å². The van der Waals surface area contributed by atoms with E-state index in [-0.39, 0.29) is 0 Å². The van der Waals surface area contributed by atoms with Crippen molar-refractivity contribution in [1.82, 2.24) is 4.98 Å². The number of fused-ring (bicyclic) bond motifs is 1. The molecule has 0 bridgehead atoms. The van der Waals surface area contributed by atoms with Gasteiger partial charge in [0.05, 0.1) is 5.69 Å². The zero-order valence-electron chi connectivity index (χ0n) is 10.6. The molecule has 1 heterocycles. The second-order valence-corrected chi connectivity index (χ2v) is 3.72. The van der Waals surface area contributed by atoms with E-state index >= 15 is 0 Å². The molecule has 1 aromatic rings. The molecule has 1 nitrogen and oxygen atoms in total. The molecule has 16 heavy (non-hydrogen) atoms. The average Bonchev–Trinajstić information content (AvgIpc) is 2.80. The standard InChI is InChI=1S/C13H15N.C2H6/c1-4-10-9(3)11-7-6-8-13(11)14-12(10)5-2;1-2/h4-5H,1-2,6-8H2,3H3;1-2H3. The summed E-state index contributed by atoms with van der Waals surface area (Å²) in [5, 5.41) is 0. The van der Waals surface area contributed by atoms with Crippen molar-refractivity contribution in [2.45, 2.75) is 40.0 Å². The molecule has 0 saturated heterocycles. The summed E-state index contributed by atoms with van der Waals surface area (Å²) in [4.78, 5) is 4.61. The van der Waals surface area contributed by atoms with E-state index < -0.39 is 0 Å². The molecule has 1 heteroatoms. The molecule has 0 radical (unpaired) electrons. The van der Waals surface area contributed by atoms with Gasteiger partial charge in [-0.1, -0.05) is 33.1 Å². The molecule has 0 aliphatic heterocycles. The van der Waals surface area contributed by atoms with Gasteiger partial charge in [0.1, 0.15) is 0 Å². The molecule has 0 N–H and O–H groups in total. The molecule has 2 rings (SSSR count). The van der Waals surface area contributed by atoms with E-state index in [9.17, 15) is 0 Å². The predicted octanol–water partition coefficient (Wildman–Crippen LogP) is 4.19. The van der Waals surface area contributed by atoms with E-state index in [1.54, 1.807) is 0 Å². The molecular weight excluding hydrogens is 194 g/mol. The van der Waals surface area contributed by atoms with Crippen LogP contribution in [0.2, 0.25) is 0 Å². The summed E-state index contributed by atoms with van der Waals surface area (Å²) < 4.78 is 0. The minimum absolute atomic E-state index is 0.984. The Morgan fingerprint density at radius 1 is 1.12 bits per heavy atom. The summed E-state index contributed by atoms with van der Waals surface area (Å²) in [6, 6.07) is 0. The lowest BCUT2D eigenvalue weighted by atomic mass is 10.0. The van der Waals surface area contributed by atoms with Gasteiger partial charge in [-0.3, -0.25) is 4.98 Å².